The van der Waals surface area contributed by atoms with Crippen LogP contribution in [-0.2, 0) is 0 Å². The Kier molecular flexibility index (Phi) is 4.19. The van der Waals surface area contributed by atoms with Gasteiger partial charge in [-0.2, -0.15) is 11.8 Å². The van der Waals surface area contributed by atoms with Crippen LogP contribution in [0.3, 0.4) is 0 Å². The average molecular weight is 284 g/mol. The molecule has 0 radical (unpaired) electrons. The van der Waals surface area contributed by atoms with E-state index in [1.54, 1.807) is 0 Å². The molecule has 1 aliphatic rings. The molecule has 0 bridgehead atoms. The van der Waals surface area contributed by atoms with E-state index in [0.29, 0.717) is 5.25 Å². The second kappa shape index (κ2) is 5.69. The minimum atomic E-state index is -1.14. The van der Waals surface area contributed by atoms with Gasteiger partial charge in [0.05, 0.1) is 11.3 Å². The quantitative estimate of drug-likeness (QED) is 0.741. The van der Waals surface area contributed by atoms with Crippen LogP contribution in [-0.4, -0.2) is 28.6 Å². The van der Waals surface area contributed by atoms with E-state index in [-0.39, 0.29) is 23.0 Å². The smallest absolute Gasteiger partial charge is 0.337 e. The van der Waals surface area contributed by atoms with Crippen molar-refractivity contribution in [3.63, 3.8) is 0 Å². The number of nitrogens with one attached hydrogen (secondary N) is 1. The Morgan fingerprint density at radius 2 is 2.26 bits per heavy atom. The molecule has 2 rings (SSSR count). The van der Waals surface area contributed by atoms with Gasteiger partial charge >= 0.3 is 5.97 Å². The third-order valence-electron chi connectivity index (χ3n) is 3.45. The lowest BCUT2D eigenvalue weighted by atomic mass is 10.1. The summed E-state index contributed by atoms with van der Waals surface area (Å²) in [6, 6.07) is 2.53. The maximum absolute atomic E-state index is 13.8. The molecule has 1 aromatic rings. The van der Waals surface area contributed by atoms with Gasteiger partial charge in [-0.25, -0.2) is 9.18 Å². The Morgan fingerprint density at radius 3 is 2.84 bits per heavy atom. The second-order valence-corrected chi connectivity index (χ2v) is 5.87. The maximum atomic E-state index is 13.8. The zero-order valence-electron chi connectivity index (χ0n) is 10.6. The molecule has 0 amide bonds. The highest BCUT2D eigenvalue weighted by Gasteiger charge is 2.25. The van der Waals surface area contributed by atoms with Crippen molar-refractivity contribution in [2.45, 2.75) is 30.6 Å². The number of hydrogen-bond acceptors (Lipinski definition) is 4. The number of aromatic carboxylic acids is 1. The molecule has 0 heterocycles. The van der Waals surface area contributed by atoms with Gasteiger partial charge < -0.3 is 16.2 Å². The summed E-state index contributed by atoms with van der Waals surface area (Å²) in [5.74, 6) is -1.65. The largest absolute Gasteiger partial charge is 0.478 e. The Balaban J connectivity index is 2.16. The van der Waals surface area contributed by atoms with E-state index in [2.05, 4.69) is 11.6 Å². The summed E-state index contributed by atoms with van der Waals surface area (Å²) in [5, 5.41) is 12.7. The molecule has 0 saturated heterocycles. The summed E-state index contributed by atoms with van der Waals surface area (Å²) in [7, 11) is 0. The molecular weight excluding hydrogens is 267 g/mol. The molecule has 2 atom stereocenters. The minimum Gasteiger partial charge on any atom is -0.478 e. The number of hydrogen-bond donors (Lipinski definition) is 3. The number of carbonyl (C=O) groups is 1. The third-order valence-corrected chi connectivity index (χ3v) is 4.54. The lowest BCUT2D eigenvalue weighted by Crippen LogP contribution is -2.17. The van der Waals surface area contributed by atoms with E-state index in [0.717, 1.165) is 25.3 Å². The number of nitrogens with two attached hydrogens (primary N) is 1. The minimum absolute atomic E-state index is 0.0519. The number of nitrogen functional groups attached to an aromatic ring is 1. The maximum Gasteiger partial charge on any atom is 0.337 e. The first-order valence-corrected chi connectivity index (χ1v) is 7.41. The van der Waals surface area contributed by atoms with Gasteiger partial charge in [-0.1, -0.05) is 0 Å². The fourth-order valence-corrected chi connectivity index (χ4v) is 3.19. The van der Waals surface area contributed by atoms with E-state index in [1.165, 1.54) is 6.07 Å². The molecular formula is C13H17FN2O2S. The summed E-state index contributed by atoms with van der Waals surface area (Å²) in [4.78, 5) is 11.0. The Bertz CT molecular complexity index is 496. The van der Waals surface area contributed by atoms with Crippen LogP contribution in [0.4, 0.5) is 15.8 Å². The number of carboxylic acid groups (broad SMARTS) is 1. The van der Waals surface area contributed by atoms with Gasteiger partial charge in [0, 0.05) is 17.0 Å². The number of halogens is 1. The van der Waals surface area contributed by atoms with Crippen molar-refractivity contribution in [1.29, 1.82) is 0 Å². The van der Waals surface area contributed by atoms with Crippen LogP contribution >= 0.6 is 11.8 Å². The van der Waals surface area contributed by atoms with Crippen molar-refractivity contribution in [2.75, 3.05) is 17.3 Å². The molecule has 1 aromatic carbocycles. The Morgan fingerprint density at radius 1 is 1.53 bits per heavy atom. The number of anilines is 2. The van der Waals surface area contributed by atoms with Crippen molar-refractivity contribution in [3.8, 4) is 0 Å². The highest BCUT2D eigenvalue weighted by atomic mass is 32.2. The van der Waals surface area contributed by atoms with Gasteiger partial charge in [-0.3, -0.25) is 0 Å². The number of thioether (sulfide) groups is 1. The summed E-state index contributed by atoms with van der Waals surface area (Å²) >= 11 is 1.81. The van der Waals surface area contributed by atoms with Crippen LogP contribution < -0.4 is 11.1 Å². The molecule has 0 spiro atoms. The lowest BCUT2D eigenvalue weighted by molar-refractivity contribution is 0.0698. The van der Waals surface area contributed by atoms with Crippen LogP contribution in [0, 0.1) is 5.82 Å². The van der Waals surface area contributed by atoms with E-state index < -0.39 is 11.8 Å². The van der Waals surface area contributed by atoms with Gasteiger partial charge in [0.1, 0.15) is 5.82 Å². The topological polar surface area (TPSA) is 75.3 Å². The first-order valence-electron chi connectivity index (χ1n) is 6.13. The first kappa shape index (κ1) is 14.0. The molecule has 0 aromatic heterocycles. The molecule has 104 valence electrons. The van der Waals surface area contributed by atoms with Gasteiger partial charge in [-0.15, -0.1) is 0 Å². The number of benzene rings is 1. The van der Waals surface area contributed by atoms with Crippen LogP contribution in [0.15, 0.2) is 12.1 Å². The highest BCUT2D eigenvalue weighted by Crippen LogP contribution is 2.31. The summed E-state index contributed by atoms with van der Waals surface area (Å²) in [6.07, 6.45) is 5.10. The molecule has 2 unspecified atom stereocenters. The van der Waals surface area contributed by atoms with E-state index in [4.69, 9.17) is 10.8 Å². The molecule has 1 aliphatic carbocycles. The van der Waals surface area contributed by atoms with Gasteiger partial charge in [0.2, 0.25) is 0 Å². The van der Waals surface area contributed by atoms with Crippen LogP contribution in [0.5, 0.6) is 0 Å². The molecule has 6 heteroatoms. The molecule has 1 fully saturated rings. The van der Waals surface area contributed by atoms with Crippen molar-refractivity contribution in [3.05, 3.63) is 23.5 Å². The highest BCUT2D eigenvalue weighted by molar-refractivity contribution is 7.99. The summed E-state index contributed by atoms with van der Waals surface area (Å²) in [6.45, 7) is 0. The van der Waals surface area contributed by atoms with E-state index >= 15 is 0 Å². The number of rotatable bonds is 4. The summed E-state index contributed by atoms with van der Waals surface area (Å²) in [5.41, 5.74) is 5.59. The molecule has 4 N–H and O–H groups in total. The van der Waals surface area contributed by atoms with Crippen molar-refractivity contribution in [2.24, 2.45) is 0 Å². The fraction of sp³-hybridized carbons (Fsp3) is 0.462. The molecule has 19 heavy (non-hydrogen) atoms. The van der Waals surface area contributed by atoms with Gasteiger partial charge in [0.25, 0.3) is 0 Å². The Hall–Kier alpha value is -1.43. The van der Waals surface area contributed by atoms with Crippen molar-refractivity contribution < 1.29 is 14.3 Å². The Labute approximate surface area is 115 Å². The van der Waals surface area contributed by atoms with Crippen LogP contribution in [0.25, 0.3) is 0 Å². The molecule has 4 nitrogen and oxygen atoms in total. The predicted molar refractivity (Wildman–Crippen MR) is 76.3 cm³/mol. The monoisotopic (exact) mass is 284 g/mol. The van der Waals surface area contributed by atoms with Gasteiger partial charge in [-0.05, 0) is 37.7 Å². The van der Waals surface area contributed by atoms with Crippen molar-refractivity contribution >= 4 is 29.1 Å². The lowest BCUT2D eigenvalue weighted by Gasteiger charge is -2.16. The SMILES string of the molecule is CSC1CCC(Nc2cc(C(=O)O)c(N)cc2F)C1. The zero-order chi connectivity index (χ0) is 14.0. The van der Waals surface area contributed by atoms with E-state index in [9.17, 15) is 9.18 Å². The molecule has 1 saturated carbocycles. The standard InChI is InChI=1S/C13H17FN2O2S/c1-19-8-3-2-7(4-8)16-12-5-9(13(17)18)11(15)6-10(12)14/h5-8,16H,2-4,15H2,1H3,(H,17,18). The van der Waals surface area contributed by atoms with Crippen LogP contribution in [0.1, 0.15) is 29.6 Å². The normalized spacial score (nSPS) is 22.4. The van der Waals surface area contributed by atoms with E-state index in [1.807, 2.05) is 11.8 Å². The fourth-order valence-electron chi connectivity index (χ4n) is 2.39. The predicted octanol–water partition coefficient (Wildman–Crippen LogP) is 2.80. The molecule has 0 aliphatic heterocycles. The third kappa shape index (κ3) is 3.12. The first-order chi connectivity index (χ1) is 9.01. The number of carboxylic acids is 1. The average Bonchev–Trinajstić information content (AvgIpc) is 2.80. The summed E-state index contributed by atoms with van der Waals surface area (Å²) < 4.78 is 13.8. The zero-order valence-corrected chi connectivity index (χ0v) is 11.5. The second-order valence-electron chi connectivity index (χ2n) is 4.74. The van der Waals surface area contributed by atoms with Crippen LogP contribution in [0.2, 0.25) is 0 Å². The van der Waals surface area contributed by atoms with Crippen molar-refractivity contribution in [1.82, 2.24) is 0 Å². The van der Waals surface area contributed by atoms with Gasteiger partial charge in [0.15, 0.2) is 0 Å².